The van der Waals surface area contributed by atoms with Gasteiger partial charge in [0.25, 0.3) is 0 Å². The quantitative estimate of drug-likeness (QED) is 0.368. The molecule has 0 radical (unpaired) electrons. The van der Waals surface area contributed by atoms with Gasteiger partial charge in [0.05, 0.1) is 21.1 Å². The number of hydrazone groups is 1. The standard InChI is InChI=1S/C20H12Br2F2N2OS/c21-11-7-12-17-9-16(18-2-1-5-28-18)25-26(17)20(27-19(12)13(22)8-11)10-3-4-14(23)15(24)6-10/h1-8,17,20H,9H2/t17-,20-/m0/s1. The number of nitrogens with zero attached hydrogens (tertiary/aromatic N) is 2. The number of thiophene rings is 1. The summed E-state index contributed by atoms with van der Waals surface area (Å²) in [6.45, 7) is 0. The molecule has 0 N–H and O–H groups in total. The predicted molar refractivity (Wildman–Crippen MR) is 112 cm³/mol. The van der Waals surface area contributed by atoms with E-state index in [4.69, 9.17) is 9.84 Å². The maximum Gasteiger partial charge on any atom is 0.214 e. The Balaban J connectivity index is 1.65. The molecule has 3 nitrogen and oxygen atoms in total. The lowest BCUT2D eigenvalue weighted by Gasteiger charge is -2.38. The molecule has 0 fully saturated rings. The summed E-state index contributed by atoms with van der Waals surface area (Å²) in [5, 5.41) is 8.67. The Morgan fingerprint density at radius 1 is 1.11 bits per heavy atom. The molecule has 5 rings (SSSR count). The van der Waals surface area contributed by atoms with Gasteiger partial charge < -0.3 is 4.74 Å². The van der Waals surface area contributed by atoms with Crippen molar-refractivity contribution in [1.29, 1.82) is 0 Å². The molecule has 2 aliphatic heterocycles. The van der Waals surface area contributed by atoms with Crippen LogP contribution < -0.4 is 4.74 Å². The smallest absolute Gasteiger partial charge is 0.214 e. The maximum absolute atomic E-state index is 13.9. The van der Waals surface area contributed by atoms with Gasteiger partial charge in [0, 0.05) is 22.0 Å². The molecule has 0 saturated heterocycles. The van der Waals surface area contributed by atoms with Crippen molar-refractivity contribution in [1.82, 2.24) is 5.01 Å². The molecular formula is C20H12Br2F2N2OS. The first-order valence-corrected chi connectivity index (χ1v) is 11.0. The molecule has 2 aromatic carbocycles. The van der Waals surface area contributed by atoms with Crippen molar-refractivity contribution in [2.75, 3.05) is 0 Å². The molecule has 0 saturated carbocycles. The molecule has 2 atom stereocenters. The first kappa shape index (κ1) is 18.3. The molecule has 0 aliphatic carbocycles. The van der Waals surface area contributed by atoms with Crippen LogP contribution in [0.2, 0.25) is 0 Å². The van der Waals surface area contributed by atoms with Gasteiger partial charge in [0.15, 0.2) is 11.6 Å². The Morgan fingerprint density at radius 3 is 2.71 bits per heavy atom. The number of benzene rings is 2. The van der Waals surface area contributed by atoms with Gasteiger partial charge in [-0.2, -0.15) is 5.10 Å². The number of rotatable bonds is 2. The molecular weight excluding hydrogens is 514 g/mol. The number of fused-ring (bicyclic) bond motifs is 3. The zero-order valence-corrected chi connectivity index (χ0v) is 18.2. The van der Waals surface area contributed by atoms with Gasteiger partial charge in [-0.25, -0.2) is 13.8 Å². The Bertz CT molecular complexity index is 1100. The van der Waals surface area contributed by atoms with Gasteiger partial charge in [-0.05, 0) is 51.6 Å². The van der Waals surface area contributed by atoms with Crippen molar-refractivity contribution in [2.45, 2.75) is 18.7 Å². The van der Waals surface area contributed by atoms with Crippen molar-refractivity contribution in [2.24, 2.45) is 5.10 Å². The van der Waals surface area contributed by atoms with Crippen molar-refractivity contribution < 1.29 is 13.5 Å². The number of halogens is 4. The van der Waals surface area contributed by atoms with Crippen LogP contribution in [0.5, 0.6) is 5.75 Å². The normalized spacial score (nSPS) is 20.4. The van der Waals surface area contributed by atoms with Crippen LogP contribution in [-0.2, 0) is 0 Å². The van der Waals surface area contributed by atoms with E-state index in [1.165, 1.54) is 12.1 Å². The van der Waals surface area contributed by atoms with Crippen molar-refractivity contribution >= 4 is 48.9 Å². The van der Waals surface area contributed by atoms with Crippen LogP contribution in [0.15, 0.2) is 61.9 Å². The molecule has 0 unspecified atom stereocenters. The van der Waals surface area contributed by atoms with Crippen LogP contribution in [0.1, 0.15) is 34.7 Å². The summed E-state index contributed by atoms with van der Waals surface area (Å²) in [5.74, 6) is -1.09. The second-order valence-corrected chi connectivity index (χ2v) is 9.29. The fourth-order valence-electron chi connectivity index (χ4n) is 3.59. The summed E-state index contributed by atoms with van der Waals surface area (Å²) >= 11 is 8.73. The topological polar surface area (TPSA) is 24.8 Å². The summed E-state index contributed by atoms with van der Waals surface area (Å²) < 4.78 is 35.3. The first-order chi connectivity index (χ1) is 13.5. The molecule has 8 heteroatoms. The van der Waals surface area contributed by atoms with Crippen LogP contribution in [0, 0.1) is 11.6 Å². The zero-order valence-electron chi connectivity index (χ0n) is 14.2. The van der Waals surface area contributed by atoms with Crippen LogP contribution in [-0.4, -0.2) is 10.7 Å². The first-order valence-electron chi connectivity index (χ1n) is 8.51. The highest BCUT2D eigenvalue weighted by molar-refractivity contribution is 9.11. The van der Waals surface area contributed by atoms with E-state index in [1.54, 1.807) is 11.3 Å². The maximum atomic E-state index is 13.9. The van der Waals surface area contributed by atoms with E-state index < -0.39 is 17.9 Å². The summed E-state index contributed by atoms with van der Waals surface area (Å²) in [6.07, 6.45) is 0.0578. The average Bonchev–Trinajstić information content (AvgIpc) is 3.33. The number of ether oxygens (including phenoxy) is 1. The van der Waals surface area contributed by atoms with Gasteiger partial charge in [0.2, 0.25) is 6.23 Å². The zero-order chi connectivity index (χ0) is 19.4. The summed E-state index contributed by atoms with van der Waals surface area (Å²) in [6, 6.07) is 11.7. The van der Waals surface area contributed by atoms with Gasteiger partial charge in [0.1, 0.15) is 5.75 Å². The lowest BCUT2D eigenvalue weighted by Crippen LogP contribution is -2.34. The van der Waals surface area contributed by atoms with Crippen LogP contribution in [0.4, 0.5) is 8.78 Å². The van der Waals surface area contributed by atoms with E-state index in [1.807, 2.05) is 34.7 Å². The molecule has 3 heterocycles. The number of hydrogen-bond donors (Lipinski definition) is 0. The van der Waals surface area contributed by atoms with Gasteiger partial charge >= 0.3 is 0 Å². The Morgan fingerprint density at radius 2 is 1.96 bits per heavy atom. The van der Waals surface area contributed by atoms with Crippen LogP contribution in [0.3, 0.4) is 0 Å². The highest BCUT2D eigenvalue weighted by Crippen LogP contribution is 2.51. The molecule has 28 heavy (non-hydrogen) atoms. The van der Waals surface area contributed by atoms with Gasteiger partial charge in [-0.15, -0.1) is 11.3 Å². The third-order valence-electron chi connectivity index (χ3n) is 4.84. The van der Waals surface area contributed by atoms with Crippen molar-refractivity contribution in [3.05, 3.63) is 84.4 Å². The van der Waals surface area contributed by atoms with Crippen LogP contribution >= 0.6 is 43.2 Å². The van der Waals surface area contributed by atoms with Gasteiger partial charge in [-0.3, -0.25) is 0 Å². The lowest BCUT2D eigenvalue weighted by atomic mass is 9.97. The van der Waals surface area contributed by atoms with Gasteiger partial charge in [-0.1, -0.05) is 28.1 Å². The molecule has 3 aromatic rings. The van der Waals surface area contributed by atoms with E-state index in [9.17, 15) is 8.78 Å². The minimum Gasteiger partial charge on any atom is -0.463 e. The highest BCUT2D eigenvalue weighted by atomic mass is 79.9. The fraction of sp³-hybridized carbons (Fsp3) is 0.150. The molecule has 1 aromatic heterocycles. The Kier molecular flexibility index (Phi) is 4.52. The van der Waals surface area contributed by atoms with E-state index in [0.717, 1.165) is 31.2 Å². The number of hydrogen-bond acceptors (Lipinski definition) is 4. The monoisotopic (exact) mass is 524 g/mol. The Labute approximate surface area is 180 Å². The second kappa shape index (κ2) is 6.93. The fourth-order valence-corrected chi connectivity index (χ4v) is 5.66. The summed E-state index contributed by atoms with van der Waals surface area (Å²) in [4.78, 5) is 1.09. The minimum absolute atomic E-state index is 0.0623. The predicted octanol–water partition coefficient (Wildman–Crippen LogP) is 6.79. The van der Waals surface area contributed by atoms with E-state index in [-0.39, 0.29) is 6.04 Å². The van der Waals surface area contributed by atoms with Crippen molar-refractivity contribution in [3.8, 4) is 5.75 Å². The molecule has 142 valence electrons. The largest absolute Gasteiger partial charge is 0.463 e. The third kappa shape index (κ3) is 2.98. The second-order valence-electron chi connectivity index (χ2n) is 6.57. The molecule has 2 aliphatic rings. The van der Waals surface area contributed by atoms with Crippen molar-refractivity contribution in [3.63, 3.8) is 0 Å². The lowest BCUT2D eigenvalue weighted by molar-refractivity contribution is -0.0199. The average molecular weight is 526 g/mol. The molecule has 0 spiro atoms. The van der Waals surface area contributed by atoms with Crippen LogP contribution in [0.25, 0.3) is 0 Å². The Hall–Kier alpha value is -1.77. The highest BCUT2D eigenvalue weighted by Gasteiger charge is 2.42. The van der Waals surface area contributed by atoms with E-state index in [2.05, 4.69) is 31.9 Å². The summed E-state index contributed by atoms with van der Waals surface area (Å²) in [5.41, 5.74) is 2.47. The summed E-state index contributed by atoms with van der Waals surface area (Å²) in [7, 11) is 0. The molecule has 0 amide bonds. The third-order valence-corrected chi connectivity index (χ3v) is 6.81. The SMILES string of the molecule is Fc1ccc([C@@H]2Oc3c(Br)cc(Br)cc3[C@@H]3CC(c4cccs4)=NN32)cc1F. The molecule has 0 bridgehead atoms. The van der Waals surface area contributed by atoms with E-state index >= 15 is 0 Å². The minimum atomic E-state index is -0.903. The van der Waals surface area contributed by atoms with E-state index in [0.29, 0.717) is 17.7 Å².